The first kappa shape index (κ1) is 39.3. The van der Waals surface area contributed by atoms with Gasteiger partial charge in [-0.2, -0.15) is 0 Å². The van der Waals surface area contributed by atoms with Crippen molar-refractivity contribution in [3.8, 4) is 22.3 Å². The molecule has 0 unspecified atom stereocenters. The molecule has 2 aliphatic carbocycles. The molecule has 3 heterocycles. The van der Waals surface area contributed by atoms with E-state index in [2.05, 4.69) is 124 Å². The van der Waals surface area contributed by atoms with Crippen LogP contribution < -0.4 is 0 Å². The molecule has 0 atom stereocenters. The Bertz CT molecular complexity index is 1640. The summed E-state index contributed by atoms with van der Waals surface area (Å²) in [7, 11) is -0.0139. The molecule has 1 aliphatic heterocycles. The van der Waals surface area contributed by atoms with Gasteiger partial charge >= 0.3 is 7.12 Å². The Labute approximate surface area is 295 Å². The molecule has 0 saturated carbocycles. The smallest absolute Gasteiger partial charge is 0.403 e. The third-order valence-electron chi connectivity index (χ3n) is 9.05. The van der Waals surface area contributed by atoms with Crippen LogP contribution in [0.15, 0.2) is 48.5 Å². The second-order valence-electron chi connectivity index (χ2n) is 12.5. The Balaban J connectivity index is 0.000000190. The third kappa shape index (κ3) is 8.53. The Morgan fingerprint density at radius 2 is 1.06 bits per heavy atom. The average Bonchev–Trinajstić information content (AvgIpc) is 3.73. The van der Waals surface area contributed by atoms with Crippen LogP contribution in [-0.4, -0.2) is 38.3 Å². The minimum atomic E-state index is -0.159. The molecule has 3 aliphatic rings. The summed E-state index contributed by atoms with van der Waals surface area (Å²) in [6, 6.07) is 17.0. The van der Waals surface area contributed by atoms with Gasteiger partial charge in [0, 0.05) is 30.4 Å². The molecule has 0 amide bonds. The van der Waals surface area contributed by atoms with Crippen LogP contribution in [0.3, 0.4) is 0 Å². The van der Waals surface area contributed by atoms with E-state index in [9.17, 15) is 0 Å². The summed E-state index contributed by atoms with van der Waals surface area (Å²) in [5, 5.41) is 0.364. The van der Waals surface area contributed by atoms with E-state index in [1.807, 2.05) is 27.7 Å². The minimum Gasteiger partial charge on any atom is -0.403 e. The zero-order valence-electron chi connectivity index (χ0n) is 31.4. The Kier molecular flexibility index (Phi) is 14.3. The van der Waals surface area contributed by atoms with E-state index in [1.54, 1.807) is 0 Å². The van der Waals surface area contributed by atoms with E-state index in [1.165, 1.54) is 44.8 Å². The van der Waals surface area contributed by atoms with Crippen molar-refractivity contribution >= 4 is 18.7 Å². The van der Waals surface area contributed by atoms with Gasteiger partial charge in [-0.15, -0.1) is 0 Å². The van der Waals surface area contributed by atoms with E-state index in [-0.39, 0.29) is 18.3 Å². The van der Waals surface area contributed by atoms with E-state index in [0.29, 0.717) is 5.28 Å². The summed E-state index contributed by atoms with van der Waals surface area (Å²) in [5.41, 5.74) is 12.0. The molecule has 0 N–H and O–H groups in total. The maximum atomic E-state index is 5.93. The number of aryl methyl sites for hydroxylation is 3. The third-order valence-corrected chi connectivity index (χ3v) is 9.22. The molecule has 7 rings (SSSR count). The number of hydrogen-bond acceptors (Lipinski definition) is 6. The van der Waals surface area contributed by atoms with Crippen LogP contribution in [0.25, 0.3) is 22.3 Å². The first-order valence-electron chi connectivity index (χ1n) is 18.0. The van der Waals surface area contributed by atoms with Crippen molar-refractivity contribution in [3.05, 3.63) is 93.5 Å². The molecule has 0 bridgehead atoms. The molecule has 8 heteroatoms. The summed E-state index contributed by atoms with van der Waals surface area (Å²) in [5.74, 6) is 0.980. The maximum absolute atomic E-state index is 5.93. The lowest BCUT2D eigenvalue weighted by Gasteiger charge is -2.32. The molecule has 1 saturated heterocycles. The average molecular weight is 671 g/mol. The highest BCUT2D eigenvalue weighted by molar-refractivity contribution is 6.45. The van der Waals surface area contributed by atoms with E-state index < -0.39 is 0 Å². The van der Waals surface area contributed by atoms with Crippen molar-refractivity contribution in [2.45, 2.75) is 133 Å². The van der Waals surface area contributed by atoms with Gasteiger partial charge in [-0.05, 0) is 80.7 Å². The van der Waals surface area contributed by atoms with Crippen molar-refractivity contribution in [2.24, 2.45) is 0 Å². The SMILES string of the molecule is CC.CC.CCB1OC(C)(C)C(C)(C)O1.CCc1nc(CC)c2c(n1)Cc1ccccc1-2.CCc1nc(Cl)nc2c1-c1ccccc1C2. The van der Waals surface area contributed by atoms with Crippen molar-refractivity contribution < 1.29 is 9.31 Å². The zero-order chi connectivity index (χ0) is 35.6. The number of halogens is 1. The number of benzene rings is 2. The predicted molar refractivity (Wildman–Crippen MR) is 203 cm³/mol. The topological polar surface area (TPSA) is 70.0 Å². The van der Waals surface area contributed by atoms with Crippen LogP contribution >= 0.6 is 11.6 Å². The van der Waals surface area contributed by atoms with Crippen molar-refractivity contribution in [3.63, 3.8) is 0 Å². The fourth-order valence-electron chi connectivity index (χ4n) is 6.02. The monoisotopic (exact) mass is 670 g/mol. The summed E-state index contributed by atoms with van der Waals surface area (Å²) >= 11 is 5.93. The second-order valence-corrected chi connectivity index (χ2v) is 12.8. The fraction of sp³-hybridized carbons (Fsp3) is 0.500. The normalized spacial score (nSPS) is 15.1. The molecule has 1 fully saturated rings. The minimum absolute atomic E-state index is 0.0139. The van der Waals surface area contributed by atoms with E-state index in [4.69, 9.17) is 20.9 Å². The van der Waals surface area contributed by atoms with Gasteiger partial charge in [0.05, 0.1) is 34.0 Å². The molecule has 2 aromatic heterocycles. The lowest BCUT2D eigenvalue weighted by Crippen LogP contribution is -2.41. The maximum Gasteiger partial charge on any atom is 0.457 e. The first-order chi connectivity index (χ1) is 23.0. The molecule has 2 aromatic carbocycles. The molecular formula is C40H56BClN4O2. The van der Waals surface area contributed by atoms with E-state index in [0.717, 1.165) is 55.6 Å². The molecule has 6 nitrogen and oxygen atoms in total. The molecule has 258 valence electrons. The predicted octanol–water partition coefficient (Wildman–Crippen LogP) is 10.6. The van der Waals surface area contributed by atoms with Gasteiger partial charge in [-0.25, -0.2) is 19.9 Å². The number of hydrogen-bond donors (Lipinski definition) is 0. The molecular weight excluding hydrogens is 615 g/mol. The van der Waals surface area contributed by atoms with Gasteiger partial charge in [0.15, 0.2) is 0 Å². The quantitative estimate of drug-likeness (QED) is 0.137. The molecule has 48 heavy (non-hydrogen) atoms. The Morgan fingerprint density at radius 3 is 1.48 bits per heavy atom. The van der Waals surface area contributed by atoms with Crippen LogP contribution in [-0.2, 0) is 41.4 Å². The van der Waals surface area contributed by atoms with Crippen molar-refractivity contribution in [2.75, 3.05) is 0 Å². The Morgan fingerprint density at radius 1 is 0.625 bits per heavy atom. The van der Waals surface area contributed by atoms with Gasteiger partial charge in [-0.3, -0.25) is 0 Å². The highest BCUT2D eigenvalue weighted by Gasteiger charge is 2.50. The largest absolute Gasteiger partial charge is 0.457 e. The van der Waals surface area contributed by atoms with Crippen LogP contribution in [0, 0.1) is 0 Å². The van der Waals surface area contributed by atoms with Crippen LogP contribution in [0.4, 0.5) is 0 Å². The highest BCUT2D eigenvalue weighted by atomic mass is 35.5. The number of nitrogens with zero attached hydrogens (tertiary/aromatic N) is 4. The molecule has 0 spiro atoms. The van der Waals surface area contributed by atoms with Gasteiger partial charge in [0.25, 0.3) is 0 Å². The van der Waals surface area contributed by atoms with Gasteiger partial charge in [0.1, 0.15) is 5.82 Å². The van der Waals surface area contributed by atoms with Gasteiger partial charge in [0.2, 0.25) is 5.28 Å². The first-order valence-corrected chi connectivity index (χ1v) is 18.4. The fourth-order valence-corrected chi connectivity index (χ4v) is 6.22. The van der Waals surface area contributed by atoms with Crippen LogP contribution in [0.1, 0.15) is 123 Å². The number of fused-ring (bicyclic) bond motifs is 6. The molecule has 0 radical (unpaired) electrons. The summed E-state index contributed by atoms with van der Waals surface area (Å²) in [6.07, 6.45) is 5.54. The molecule has 4 aromatic rings. The lowest BCUT2D eigenvalue weighted by atomic mass is 9.87. The summed E-state index contributed by atoms with van der Waals surface area (Å²) in [4.78, 5) is 18.0. The van der Waals surface area contributed by atoms with Crippen LogP contribution in [0.2, 0.25) is 11.6 Å². The number of rotatable bonds is 4. The van der Waals surface area contributed by atoms with Crippen LogP contribution in [0.5, 0.6) is 0 Å². The zero-order valence-corrected chi connectivity index (χ0v) is 32.2. The van der Waals surface area contributed by atoms with Gasteiger partial charge in [-0.1, -0.05) is 104 Å². The van der Waals surface area contributed by atoms with E-state index >= 15 is 0 Å². The van der Waals surface area contributed by atoms with Crippen molar-refractivity contribution in [1.29, 1.82) is 0 Å². The number of aromatic nitrogens is 4. The standard InChI is InChI=1S/C15H16N2.C13H11ClN2.C8H17BO2.2C2H6/c1-3-12-15-11-8-6-5-7-10(11)9-13(15)17-14(4-2)16-12;1-2-10-12-9-6-4-3-5-8(9)7-11(12)16-13(14)15-10;1-6-9-10-7(2,3)8(4,5)11-9;2*1-2/h5-8H,3-4,9H2,1-2H3;3-6H,2,7H2,1H3;6H2,1-5H3;2*1-2H3. The lowest BCUT2D eigenvalue weighted by molar-refractivity contribution is 0.00578. The van der Waals surface area contributed by atoms with Crippen molar-refractivity contribution in [1.82, 2.24) is 19.9 Å². The van der Waals surface area contributed by atoms with Gasteiger partial charge < -0.3 is 9.31 Å². The second kappa shape index (κ2) is 17.5. The Hall–Kier alpha value is -3.13. The highest BCUT2D eigenvalue weighted by Crippen LogP contribution is 2.39. The summed E-state index contributed by atoms with van der Waals surface area (Å²) in [6.45, 7) is 24.7. The summed E-state index contributed by atoms with van der Waals surface area (Å²) < 4.78 is 11.4.